The van der Waals surface area contributed by atoms with Gasteiger partial charge in [-0.15, -0.1) is 0 Å². The van der Waals surface area contributed by atoms with Gasteiger partial charge in [0.05, 0.1) is 13.2 Å². The van der Waals surface area contributed by atoms with Crippen molar-refractivity contribution in [3.8, 4) is 0 Å². The van der Waals surface area contributed by atoms with Crippen molar-refractivity contribution in [3.05, 3.63) is 35.4 Å². The van der Waals surface area contributed by atoms with Crippen molar-refractivity contribution < 1.29 is 10.2 Å². The van der Waals surface area contributed by atoms with Gasteiger partial charge in [-0.3, -0.25) is 4.90 Å². The van der Waals surface area contributed by atoms with Crippen LogP contribution in [0.4, 0.5) is 0 Å². The zero-order chi connectivity index (χ0) is 12.8. The highest BCUT2D eigenvalue weighted by molar-refractivity contribution is 5.31. The lowest BCUT2D eigenvalue weighted by Crippen LogP contribution is -2.34. The Morgan fingerprint density at radius 1 is 1.17 bits per heavy atom. The summed E-state index contributed by atoms with van der Waals surface area (Å²) in [6.07, 6.45) is 1.01. The molecule has 0 aliphatic carbocycles. The molecule has 1 heterocycles. The number of hydrogen-bond acceptors (Lipinski definition) is 4. The summed E-state index contributed by atoms with van der Waals surface area (Å²) >= 11 is 0. The second-order valence-electron chi connectivity index (χ2n) is 4.66. The van der Waals surface area contributed by atoms with Crippen LogP contribution in [0.1, 0.15) is 23.6 Å². The summed E-state index contributed by atoms with van der Waals surface area (Å²) in [5, 5.41) is 21.8. The summed E-state index contributed by atoms with van der Waals surface area (Å²) in [7, 11) is 0. The Labute approximate surface area is 108 Å². The first-order valence-electron chi connectivity index (χ1n) is 6.61. The van der Waals surface area contributed by atoms with Crippen LogP contribution in [0, 0.1) is 0 Å². The van der Waals surface area contributed by atoms with Gasteiger partial charge < -0.3 is 15.5 Å². The molecule has 4 heteroatoms. The maximum Gasteiger partial charge on any atom is 0.0558 e. The Balaban J connectivity index is 2.24. The molecule has 0 saturated heterocycles. The van der Waals surface area contributed by atoms with Gasteiger partial charge in [0, 0.05) is 25.7 Å². The molecule has 18 heavy (non-hydrogen) atoms. The maximum atomic E-state index is 9.17. The van der Waals surface area contributed by atoms with E-state index >= 15 is 0 Å². The fraction of sp³-hybridized carbons (Fsp3) is 0.571. The molecule has 1 aromatic rings. The van der Waals surface area contributed by atoms with E-state index in [2.05, 4.69) is 34.5 Å². The predicted molar refractivity (Wildman–Crippen MR) is 71.3 cm³/mol. The average molecular weight is 250 g/mol. The van der Waals surface area contributed by atoms with E-state index in [9.17, 15) is 10.2 Å². The zero-order valence-electron chi connectivity index (χ0n) is 10.7. The first-order valence-corrected chi connectivity index (χ1v) is 6.61. The Morgan fingerprint density at radius 2 is 1.89 bits per heavy atom. The van der Waals surface area contributed by atoms with E-state index in [1.165, 1.54) is 11.1 Å². The van der Waals surface area contributed by atoms with Crippen LogP contribution >= 0.6 is 0 Å². The van der Waals surface area contributed by atoms with Gasteiger partial charge in [-0.1, -0.05) is 24.3 Å². The number of nitrogens with zero attached hydrogens (tertiary/aromatic N) is 1. The number of hydrogen-bond donors (Lipinski definition) is 3. The van der Waals surface area contributed by atoms with Crippen LogP contribution in [0.5, 0.6) is 0 Å². The lowest BCUT2D eigenvalue weighted by molar-refractivity contribution is 0.118. The molecule has 4 nitrogen and oxygen atoms in total. The summed E-state index contributed by atoms with van der Waals surface area (Å²) in [5.41, 5.74) is 2.64. The molecule has 100 valence electrons. The molecule has 0 aromatic heterocycles. The minimum absolute atomic E-state index is 0.131. The highest BCUT2D eigenvalue weighted by Gasteiger charge is 2.23. The lowest BCUT2D eigenvalue weighted by Gasteiger charge is -2.31. The predicted octanol–water partition coefficient (Wildman–Crippen LogP) is 0.508. The number of aliphatic hydroxyl groups excluding tert-OH is 2. The molecule has 0 radical (unpaired) electrons. The number of benzene rings is 1. The van der Waals surface area contributed by atoms with Gasteiger partial charge in [0.25, 0.3) is 0 Å². The van der Waals surface area contributed by atoms with Crippen LogP contribution in [0.3, 0.4) is 0 Å². The molecule has 0 amide bonds. The first-order chi connectivity index (χ1) is 8.86. The quantitative estimate of drug-likeness (QED) is 0.712. The summed E-state index contributed by atoms with van der Waals surface area (Å²) in [6, 6.07) is 8.72. The monoisotopic (exact) mass is 250 g/mol. The molecule has 1 unspecified atom stereocenters. The Morgan fingerprint density at radius 3 is 2.61 bits per heavy atom. The van der Waals surface area contributed by atoms with E-state index in [1.54, 1.807) is 0 Å². The second-order valence-corrected chi connectivity index (χ2v) is 4.66. The SMILES string of the molecule is OCCN(CCO)C1CCNCc2ccccc21. The van der Waals surface area contributed by atoms with E-state index in [1.807, 2.05) is 0 Å². The van der Waals surface area contributed by atoms with Gasteiger partial charge in [0.1, 0.15) is 0 Å². The van der Waals surface area contributed by atoms with Gasteiger partial charge in [-0.25, -0.2) is 0 Å². The van der Waals surface area contributed by atoms with Gasteiger partial charge in [-0.05, 0) is 24.1 Å². The van der Waals surface area contributed by atoms with Crippen molar-refractivity contribution in [1.29, 1.82) is 0 Å². The molecule has 1 aliphatic rings. The molecule has 1 aliphatic heterocycles. The maximum absolute atomic E-state index is 9.17. The third-order valence-corrected chi connectivity index (χ3v) is 3.54. The summed E-state index contributed by atoms with van der Waals surface area (Å²) in [6.45, 7) is 3.35. The number of fused-ring (bicyclic) bond motifs is 1. The molecule has 0 saturated carbocycles. The van der Waals surface area contributed by atoms with Crippen LogP contribution in [-0.4, -0.2) is 48.0 Å². The van der Waals surface area contributed by atoms with E-state index in [0.29, 0.717) is 13.1 Å². The third kappa shape index (κ3) is 3.09. The molecule has 0 bridgehead atoms. The molecule has 3 N–H and O–H groups in total. The van der Waals surface area contributed by atoms with Crippen molar-refractivity contribution in [2.24, 2.45) is 0 Å². The van der Waals surface area contributed by atoms with Crippen LogP contribution in [-0.2, 0) is 6.54 Å². The minimum atomic E-state index is 0.131. The van der Waals surface area contributed by atoms with Gasteiger partial charge in [-0.2, -0.15) is 0 Å². The van der Waals surface area contributed by atoms with Crippen molar-refractivity contribution in [1.82, 2.24) is 10.2 Å². The minimum Gasteiger partial charge on any atom is -0.395 e. The van der Waals surface area contributed by atoms with Crippen molar-refractivity contribution >= 4 is 0 Å². The molecule has 0 fully saturated rings. The largest absolute Gasteiger partial charge is 0.395 e. The van der Waals surface area contributed by atoms with Crippen LogP contribution in [0.15, 0.2) is 24.3 Å². The number of nitrogens with one attached hydrogen (secondary N) is 1. The third-order valence-electron chi connectivity index (χ3n) is 3.54. The molecular weight excluding hydrogens is 228 g/mol. The van der Waals surface area contributed by atoms with E-state index in [0.717, 1.165) is 19.5 Å². The number of rotatable bonds is 5. The molecular formula is C14H22N2O2. The molecule has 1 aromatic carbocycles. The number of aliphatic hydroxyl groups is 2. The van der Waals surface area contributed by atoms with Crippen LogP contribution in [0.2, 0.25) is 0 Å². The van der Waals surface area contributed by atoms with Crippen molar-refractivity contribution in [2.75, 3.05) is 32.8 Å². The normalized spacial score (nSPS) is 19.6. The lowest BCUT2D eigenvalue weighted by atomic mass is 9.98. The molecule has 0 spiro atoms. The van der Waals surface area contributed by atoms with Gasteiger partial charge in [0.15, 0.2) is 0 Å². The highest BCUT2D eigenvalue weighted by atomic mass is 16.3. The van der Waals surface area contributed by atoms with E-state index < -0.39 is 0 Å². The average Bonchev–Trinajstić information content (AvgIpc) is 2.61. The van der Waals surface area contributed by atoms with Gasteiger partial charge in [0.2, 0.25) is 0 Å². The molecule has 2 rings (SSSR count). The molecule has 1 atom stereocenters. The highest BCUT2D eigenvalue weighted by Crippen LogP contribution is 2.28. The van der Waals surface area contributed by atoms with Gasteiger partial charge >= 0.3 is 0 Å². The summed E-state index contributed by atoms with van der Waals surface area (Å²) < 4.78 is 0. The fourth-order valence-corrected chi connectivity index (χ4v) is 2.70. The van der Waals surface area contributed by atoms with E-state index in [4.69, 9.17) is 0 Å². The topological polar surface area (TPSA) is 55.7 Å². The van der Waals surface area contributed by atoms with Crippen molar-refractivity contribution in [3.63, 3.8) is 0 Å². The Bertz CT molecular complexity index is 365. The van der Waals surface area contributed by atoms with E-state index in [-0.39, 0.29) is 19.3 Å². The van der Waals surface area contributed by atoms with Crippen LogP contribution in [0.25, 0.3) is 0 Å². The standard InChI is InChI=1S/C14H22N2O2/c17-9-7-16(8-10-18)14-5-6-15-11-12-3-1-2-4-13(12)14/h1-4,14-15,17-18H,5-11H2. The fourth-order valence-electron chi connectivity index (χ4n) is 2.70. The first kappa shape index (κ1) is 13.5. The smallest absolute Gasteiger partial charge is 0.0558 e. The zero-order valence-corrected chi connectivity index (χ0v) is 10.7. The van der Waals surface area contributed by atoms with Crippen molar-refractivity contribution in [2.45, 2.75) is 19.0 Å². The Hall–Kier alpha value is -0.940. The van der Waals surface area contributed by atoms with Crippen LogP contribution < -0.4 is 5.32 Å². The summed E-state index contributed by atoms with van der Waals surface area (Å²) in [4.78, 5) is 2.17. The second kappa shape index (κ2) is 6.85. The Kier molecular flexibility index (Phi) is 5.13. The summed E-state index contributed by atoms with van der Waals surface area (Å²) in [5.74, 6) is 0.